The largest absolute Gasteiger partial charge is 0.378 e. The fourth-order valence-electron chi connectivity index (χ4n) is 2.66. The molecule has 1 aromatic heterocycles. The highest BCUT2D eigenvalue weighted by Crippen LogP contribution is 2.23. The molecule has 1 heterocycles. The third-order valence-electron chi connectivity index (χ3n) is 3.79. The molecule has 0 fully saturated rings. The number of aryl methyl sites for hydroxylation is 1. The van der Waals surface area contributed by atoms with Crippen molar-refractivity contribution in [3.63, 3.8) is 0 Å². The summed E-state index contributed by atoms with van der Waals surface area (Å²) in [6.45, 7) is 4.36. The fraction of sp³-hybridized carbons (Fsp3) is 0.158. The fourth-order valence-corrected chi connectivity index (χ4v) is 2.66. The van der Waals surface area contributed by atoms with Crippen molar-refractivity contribution in [1.82, 2.24) is 4.57 Å². The number of nitrogens with one attached hydrogen (secondary N) is 1. The van der Waals surface area contributed by atoms with Crippen molar-refractivity contribution >= 4 is 5.69 Å². The molecule has 0 bridgehead atoms. The van der Waals surface area contributed by atoms with Crippen LogP contribution in [0.1, 0.15) is 24.1 Å². The zero-order valence-corrected chi connectivity index (χ0v) is 12.5. The van der Waals surface area contributed by atoms with Gasteiger partial charge in [-0.15, -0.1) is 0 Å². The summed E-state index contributed by atoms with van der Waals surface area (Å²) < 4.78 is 2.11. The second-order valence-electron chi connectivity index (χ2n) is 5.36. The molecule has 1 atom stereocenters. The van der Waals surface area contributed by atoms with E-state index in [0.717, 1.165) is 5.69 Å². The van der Waals surface area contributed by atoms with Crippen LogP contribution in [0.5, 0.6) is 0 Å². The molecule has 2 aromatic carbocycles. The molecule has 106 valence electrons. The van der Waals surface area contributed by atoms with Gasteiger partial charge in [0.05, 0.1) is 0 Å². The number of anilines is 1. The summed E-state index contributed by atoms with van der Waals surface area (Å²) in [7, 11) is 0. The third kappa shape index (κ3) is 3.00. The van der Waals surface area contributed by atoms with Crippen LogP contribution in [0.15, 0.2) is 73.1 Å². The molecule has 1 unspecified atom stereocenters. The van der Waals surface area contributed by atoms with Crippen molar-refractivity contribution in [2.45, 2.75) is 19.9 Å². The minimum atomic E-state index is 0.283. The van der Waals surface area contributed by atoms with Gasteiger partial charge in [0.25, 0.3) is 0 Å². The highest BCUT2D eigenvalue weighted by atomic mass is 15.0. The summed E-state index contributed by atoms with van der Waals surface area (Å²) in [4.78, 5) is 0. The Morgan fingerprint density at radius 2 is 1.67 bits per heavy atom. The maximum atomic E-state index is 3.59. The highest BCUT2D eigenvalue weighted by molar-refractivity contribution is 5.53. The van der Waals surface area contributed by atoms with Crippen LogP contribution in [0, 0.1) is 6.92 Å². The van der Waals surface area contributed by atoms with Gasteiger partial charge in [0.15, 0.2) is 0 Å². The number of nitrogens with zero attached hydrogens (tertiary/aromatic N) is 1. The first kappa shape index (κ1) is 13.5. The van der Waals surface area contributed by atoms with Crippen LogP contribution in [0.3, 0.4) is 0 Å². The summed E-state index contributed by atoms with van der Waals surface area (Å²) in [5.74, 6) is 0. The lowest BCUT2D eigenvalue weighted by molar-refractivity contribution is 0.873. The topological polar surface area (TPSA) is 17.0 Å². The average Bonchev–Trinajstić information content (AvgIpc) is 3.02. The van der Waals surface area contributed by atoms with Crippen LogP contribution in [0.2, 0.25) is 0 Å². The zero-order valence-electron chi connectivity index (χ0n) is 12.5. The monoisotopic (exact) mass is 276 g/mol. The Hall–Kier alpha value is -2.48. The lowest BCUT2D eigenvalue weighted by atomic mass is 10.0. The first-order valence-electron chi connectivity index (χ1n) is 7.29. The zero-order chi connectivity index (χ0) is 14.7. The number of benzene rings is 2. The predicted octanol–water partition coefficient (Wildman–Crippen LogP) is 4.96. The third-order valence-corrected chi connectivity index (χ3v) is 3.79. The van der Waals surface area contributed by atoms with E-state index in [-0.39, 0.29) is 6.04 Å². The van der Waals surface area contributed by atoms with Crippen LogP contribution in [-0.2, 0) is 0 Å². The summed E-state index contributed by atoms with van der Waals surface area (Å²) in [6, 6.07) is 21.4. The van der Waals surface area contributed by atoms with Crippen LogP contribution < -0.4 is 5.32 Å². The molecule has 0 aliphatic heterocycles. The van der Waals surface area contributed by atoms with Gasteiger partial charge in [-0.25, -0.2) is 0 Å². The molecule has 3 aromatic rings. The molecular weight excluding hydrogens is 256 g/mol. The van der Waals surface area contributed by atoms with E-state index in [1.807, 2.05) is 12.1 Å². The van der Waals surface area contributed by atoms with E-state index in [0.29, 0.717) is 0 Å². The molecule has 0 saturated heterocycles. The van der Waals surface area contributed by atoms with Crippen molar-refractivity contribution in [3.05, 3.63) is 84.2 Å². The molecule has 21 heavy (non-hydrogen) atoms. The maximum absolute atomic E-state index is 3.59. The maximum Gasteiger partial charge on any atom is 0.0488 e. The second kappa shape index (κ2) is 5.88. The summed E-state index contributed by atoms with van der Waals surface area (Å²) in [5.41, 5.74) is 4.96. The Kier molecular flexibility index (Phi) is 3.78. The van der Waals surface area contributed by atoms with Crippen molar-refractivity contribution in [2.24, 2.45) is 0 Å². The van der Waals surface area contributed by atoms with E-state index in [1.54, 1.807) is 0 Å². The second-order valence-corrected chi connectivity index (χ2v) is 5.36. The van der Waals surface area contributed by atoms with Gasteiger partial charge in [-0.05, 0) is 55.3 Å². The molecule has 3 rings (SSSR count). The van der Waals surface area contributed by atoms with Crippen LogP contribution in [-0.4, -0.2) is 4.57 Å². The van der Waals surface area contributed by atoms with Crippen LogP contribution >= 0.6 is 0 Å². The van der Waals surface area contributed by atoms with Gasteiger partial charge in [-0.3, -0.25) is 0 Å². The normalized spacial score (nSPS) is 12.1. The van der Waals surface area contributed by atoms with Crippen molar-refractivity contribution in [1.29, 1.82) is 0 Å². The minimum Gasteiger partial charge on any atom is -0.378 e. The van der Waals surface area contributed by atoms with E-state index < -0.39 is 0 Å². The molecule has 0 radical (unpaired) electrons. The standard InChI is InChI=1S/C19H20N2/c1-15-8-3-4-11-19(15)16(2)20-17-9-7-10-18(14-17)21-12-5-6-13-21/h3-14,16,20H,1-2H3. The van der Waals surface area contributed by atoms with Gasteiger partial charge in [-0.1, -0.05) is 30.3 Å². The molecule has 0 spiro atoms. The Bertz CT molecular complexity index is 714. The first-order valence-corrected chi connectivity index (χ1v) is 7.29. The number of hydrogen-bond donors (Lipinski definition) is 1. The molecular formula is C19H20N2. The molecule has 0 saturated carbocycles. The van der Waals surface area contributed by atoms with Crippen LogP contribution in [0.4, 0.5) is 5.69 Å². The summed E-state index contributed by atoms with van der Waals surface area (Å²) in [6.07, 6.45) is 4.12. The quantitative estimate of drug-likeness (QED) is 0.712. The number of aromatic nitrogens is 1. The van der Waals surface area contributed by atoms with Crippen LogP contribution in [0.25, 0.3) is 5.69 Å². The van der Waals surface area contributed by atoms with Gasteiger partial charge in [0.2, 0.25) is 0 Å². The van der Waals surface area contributed by atoms with E-state index in [9.17, 15) is 0 Å². The molecule has 0 aliphatic carbocycles. The lowest BCUT2D eigenvalue weighted by Crippen LogP contribution is -2.08. The molecule has 0 amide bonds. The van der Waals surface area contributed by atoms with E-state index in [4.69, 9.17) is 0 Å². The minimum absolute atomic E-state index is 0.283. The van der Waals surface area contributed by atoms with E-state index in [1.165, 1.54) is 16.8 Å². The lowest BCUT2D eigenvalue weighted by Gasteiger charge is -2.18. The van der Waals surface area contributed by atoms with Crippen molar-refractivity contribution in [2.75, 3.05) is 5.32 Å². The average molecular weight is 276 g/mol. The van der Waals surface area contributed by atoms with Gasteiger partial charge in [-0.2, -0.15) is 0 Å². The Balaban J connectivity index is 1.82. The molecule has 0 aliphatic rings. The van der Waals surface area contributed by atoms with Gasteiger partial charge < -0.3 is 9.88 Å². The van der Waals surface area contributed by atoms with E-state index >= 15 is 0 Å². The number of hydrogen-bond acceptors (Lipinski definition) is 1. The number of rotatable bonds is 4. The van der Waals surface area contributed by atoms with E-state index in [2.05, 4.69) is 84.7 Å². The Morgan fingerprint density at radius 1 is 0.905 bits per heavy atom. The molecule has 1 N–H and O–H groups in total. The Labute approximate surface area is 126 Å². The van der Waals surface area contributed by atoms with Gasteiger partial charge in [0, 0.05) is 29.8 Å². The first-order chi connectivity index (χ1) is 10.2. The smallest absolute Gasteiger partial charge is 0.0488 e. The van der Waals surface area contributed by atoms with Gasteiger partial charge >= 0.3 is 0 Å². The molecule has 2 heteroatoms. The predicted molar refractivity (Wildman–Crippen MR) is 89.0 cm³/mol. The summed E-state index contributed by atoms with van der Waals surface area (Å²) >= 11 is 0. The SMILES string of the molecule is Cc1ccccc1C(C)Nc1cccc(-n2cccc2)c1. The van der Waals surface area contributed by atoms with Gasteiger partial charge in [0.1, 0.15) is 0 Å². The van der Waals surface area contributed by atoms with Crippen molar-refractivity contribution in [3.8, 4) is 5.69 Å². The molecule has 2 nitrogen and oxygen atoms in total. The highest BCUT2D eigenvalue weighted by Gasteiger charge is 2.08. The summed E-state index contributed by atoms with van der Waals surface area (Å²) in [5, 5.41) is 3.59. The van der Waals surface area contributed by atoms with Crippen molar-refractivity contribution < 1.29 is 0 Å². The Morgan fingerprint density at radius 3 is 2.43 bits per heavy atom.